The molecule has 4 rings (SSSR count). The number of H-pyrrole nitrogens is 1. The molecule has 0 aliphatic carbocycles. The molecule has 1 aliphatic heterocycles. The van der Waals surface area contributed by atoms with Gasteiger partial charge in [-0.15, -0.1) is 0 Å². The van der Waals surface area contributed by atoms with Gasteiger partial charge >= 0.3 is 0 Å². The van der Waals surface area contributed by atoms with Crippen LogP contribution in [-0.4, -0.2) is 21.8 Å². The molecule has 0 spiro atoms. The van der Waals surface area contributed by atoms with E-state index >= 15 is 0 Å². The largest absolute Gasteiger partial charge is 0.349 e. The molecule has 6 nitrogen and oxygen atoms in total. The number of fused-ring (bicyclic) bond motifs is 1. The molecule has 1 aromatic carbocycles. The van der Waals surface area contributed by atoms with Crippen molar-refractivity contribution in [2.75, 3.05) is 0 Å². The molecule has 1 aliphatic rings. The van der Waals surface area contributed by atoms with Gasteiger partial charge in [-0.2, -0.15) is 0 Å². The smallest absolute Gasteiger partial charge is 0.276 e. The van der Waals surface area contributed by atoms with Crippen LogP contribution < -0.4 is 10.6 Å². The van der Waals surface area contributed by atoms with Gasteiger partial charge < -0.3 is 10.3 Å². The van der Waals surface area contributed by atoms with Gasteiger partial charge in [0.25, 0.3) is 5.91 Å². The first-order valence-electron chi connectivity index (χ1n) is 8.60. The fraction of sp³-hybridized carbons (Fsp3) is 0.150. The maximum absolute atomic E-state index is 12.3. The van der Waals surface area contributed by atoms with Crippen molar-refractivity contribution < 1.29 is 4.79 Å². The van der Waals surface area contributed by atoms with Crippen molar-refractivity contribution >= 4 is 29.0 Å². The number of pyridine rings is 1. The molecule has 3 heterocycles. The number of aliphatic imine (C=N–C) groups is 1. The van der Waals surface area contributed by atoms with Crippen LogP contribution in [0.1, 0.15) is 30.5 Å². The molecule has 3 aromatic rings. The maximum Gasteiger partial charge on any atom is 0.276 e. The van der Waals surface area contributed by atoms with Crippen molar-refractivity contribution in [2.24, 2.45) is 4.99 Å². The predicted molar refractivity (Wildman–Crippen MR) is 102 cm³/mol. The number of hydrogen-bond acceptors (Lipinski definition) is 4. The van der Waals surface area contributed by atoms with Crippen LogP contribution in [0.5, 0.6) is 0 Å². The fourth-order valence-electron chi connectivity index (χ4n) is 3.05. The van der Waals surface area contributed by atoms with Gasteiger partial charge in [0.15, 0.2) is 0 Å². The van der Waals surface area contributed by atoms with Crippen LogP contribution in [0.25, 0.3) is 17.1 Å². The minimum absolute atomic E-state index is 0.0897. The monoisotopic (exact) mass is 345 g/mol. The van der Waals surface area contributed by atoms with Crippen LogP contribution >= 0.6 is 0 Å². The zero-order valence-electron chi connectivity index (χ0n) is 14.4. The minimum atomic E-state index is -0.214. The van der Waals surface area contributed by atoms with E-state index in [4.69, 9.17) is 0 Å². The normalized spacial score (nSPS) is 16.6. The van der Waals surface area contributed by atoms with Crippen molar-refractivity contribution in [1.29, 1.82) is 0 Å². The molecular formula is C20H19N5O. The predicted octanol–water partition coefficient (Wildman–Crippen LogP) is 3.13. The Morgan fingerprint density at radius 2 is 2.04 bits per heavy atom. The van der Waals surface area contributed by atoms with Gasteiger partial charge in [0.2, 0.25) is 5.96 Å². The van der Waals surface area contributed by atoms with Crippen molar-refractivity contribution in [2.45, 2.75) is 19.4 Å². The van der Waals surface area contributed by atoms with Gasteiger partial charge in [0.1, 0.15) is 11.3 Å². The number of benzene rings is 1. The van der Waals surface area contributed by atoms with E-state index in [1.165, 1.54) is 0 Å². The molecule has 0 saturated carbocycles. The lowest BCUT2D eigenvalue weighted by atomic mass is 10.1. The van der Waals surface area contributed by atoms with Crippen molar-refractivity contribution in [3.63, 3.8) is 0 Å². The molecule has 1 amide bonds. The van der Waals surface area contributed by atoms with Gasteiger partial charge in [-0.05, 0) is 30.2 Å². The third kappa shape index (κ3) is 3.09. The molecule has 130 valence electrons. The highest BCUT2D eigenvalue weighted by Gasteiger charge is 2.22. The van der Waals surface area contributed by atoms with E-state index in [2.05, 4.69) is 44.7 Å². The highest BCUT2D eigenvalue weighted by atomic mass is 16.2. The summed E-state index contributed by atoms with van der Waals surface area (Å²) in [5.74, 6) is 0.267. The molecule has 1 unspecified atom stereocenters. The Hall–Kier alpha value is -3.41. The third-order valence-corrected chi connectivity index (χ3v) is 4.39. The van der Waals surface area contributed by atoms with Crippen LogP contribution in [0.2, 0.25) is 0 Å². The lowest BCUT2D eigenvalue weighted by Gasteiger charge is -2.17. The van der Waals surface area contributed by atoms with Gasteiger partial charge in [-0.3, -0.25) is 10.1 Å². The summed E-state index contributed by atoms with van der Waals surface area (Å²) in [4.78, 5) is 24.1. The highest BCUT2D eigenvalue weighted by Crippen LogP contribution is 2.21. The zero-order chi connectivity index (χ0) is 17.9. The van der Waals surface area contributed by atoms with Gasteiger partial charge in [-0.25, -0.2) is 9.98 Å². The van der Waals surface area contributed by atoms with Crippen LogP contribution in [0.3, 0.4) is 0 Å². The molecule has 0 fully saturated rings. The van der Waals surface area contributed by atoms with Crippen LogP contribution in [0, 0.1) is 0 Å². The Labute approximate surface area is 151 Å². The third-order valence-electron chi connectivity index (χ3n) is 4.39. The molecule has 26 heavy (non-hydrogen) atoms. The molecule has 0 bridgehead atoms. The summed E-state index contributed by atoms with van der Waals surface area (Å²) >= 11 is 0. The summed E-state index contributed by atoms with van der Waals surface area (Å²) in [5, 5.41) is 7.08. The number of aromatic amines is 1. The fourth-order valence-corrected chi connectivity index (χ4v) is 3.05. The Bertz CT molecular complexity index is 1000. The lowest BCUT2D eigenvalue weighted by molar-refractivity contribution is -0.115. The summed E-state index contributed by atoms with van der Waals surface area (Å²) in [5.41, 5.74) is 3.21. The topological polar surface area (TPSA) is 82.2 Å². The quantitative estimate of drug-likeness (QED) is 0.635. The van der Waals surface area contributed by atoms with Crippen molar-refractivity contribution in [3.8, 4) is 0 Å². The van der Waals surface area contributed by atoms with E-state index in [0.717, 1.165) is 28.6 Å². The number of amides is 1. The highest BCUT2D eigenvalue weighted by molar-refractivity contribution is 6.14. The van der Waals surface area contributed by atoms with Gasteiger partial charge in [-0.1, -0.05) is 37.3 Å². The van der Waals surface area contributed by atoms with Crippen molar-refractivity contribution in [1.82, 2.24) is 20.6 Å². The van der Waals surface area contributed by atoms with Crippen LogP contribution in [-0.2, 0) is 4.79 Å². The number of rotatable bonds is 4. The molecule has 0 saturated heterocycles. The summed E-state index contributed by atoms with van der Waals surface area (Å²) in [6, 6.07) is 14.0. The van der Waals surface area contributed by atoms with E-state index in [1.807, 2.05) is 36.5 Å². The molecule has 6 heteroatoms. The number of guanidine groups is 1. The zero-order valence-corrected chi connectivity index (χ0v) is 14.4. The molecule has 0 radical (unpaired) electrons. The number of aromatic nitrogens is 2. The van der Waals surface area contributed by atoms with E-state index < -0.39 is 0 Å². The average Bonchev–Trinajstić information content (AvgIpc) is 3.24. The van der Waals surface area contributed by atoms with E-state index in [-0.39, 0.29) is 11.9 Å². The Kier molecular flexibility index (Phi) is 4.23. The Morgan fingerprint density at radius 3 is 2.85 bits per heavy atom. The second-order valence-corrected chi connectivity index (χ2v) is 6.10. The number of nitrogens with one attached hydrogen (secondary N) is 3. The first-order valence-corrected chi connectivity index (χ1v) is 8.60. The van der Waals surface area contributed by atoms with Crippen molar-refractivity contribution in [3.05, 3.63) is 71.7 Å². The van der Waals surface area contributed by atoms with E-state index in [0.29, 0.717) is 11.7 Å². The van der Waals surface area contributed by atoms with E-state index in [1.54, 1.807) is 12.3 Å². The van der Waals surface area contributed by atoms with Gasteiger partial charge in [0.05, 0.1) is 6.04 Å². The van der Waals surface area contributed by atoms with Gasteiger partial charge in [0, 0.05) is 23.3 Å². The standard InChI is InChI=1S/C20H19N5O/c1-2-16(13-7-4-3-5-8-13)23-20-24-17(19(26)25-20)11-14-12-22-18-15(14)9-6-10-21-18/h3-12,16H,2H2,1H3,(H,21,22)(H2,23,24,25,26)/b17-11-. The average molecular weight is 345 g/mol. The maximum atomic E-state index is 12.3. The molecule has 1 atom stereocenters. The summed E-state index contributed by atoms with van der Waals surface area (Å²) in [7, 11) is 0. The Balaban J connectivity index is 1.59. The minimum Gasteiger partial charge on any atom is -0.349 e. The number of carbonyl (C=O) groups is 1. The number of carbonyl (C=O) groups excluding carboxylic acids is 1. The SMILES string of the molecule is CCC(NC1=N/C(=C\c2c[nH]c3ncccc23)C(=O)N1)c1ccccc1. The first kappa shape index (κ1) is 16.1. The molecule has 3 N–H and O–H groups in total. The molecular weight excluding hydrogens is 326 g/mol. The summed E-state index contributed by atoms with van der Waals surface area (Å²) in [6.45, 7) is 2.09. The van der Waals surface area contributed by atoms with Crippen LogP contribution in [0.4, 0.5) is 0 Å². The number of hydrogen-bond donors (Lipinski definition) is 3. The second-order valence-electron chi connectivity index (χ2n) is 6.10. The second kappa shape index (κ2) is 6.84. The molecule has 2 aromatic heterocycles. The summed E-state index contributed by atoms with van der Waals surface area (Å²) < 4.78 is 0. The first-order chi connectivity index (χ1) is 12.7. The lowest BCUT2D eigenvalue weighted by Crippen LogP contribution is -2.38. The Morgan fingerprint density at radius 1 is 1.19 bits per heavy atom. The van der Waals surface area contributed by atoms with Crippen LogP contribution in [0.15, 0.2) is 65.5 Å². The van der Waals surface area contributed by atoms with E-state index in [9.17, 15) is 4.79 Å². The number of nitrogens with zero attached hydrogens (tertiary/aromatic N) is 2. The summed E-state index contributed by atoms with van der Waals surface area (Å²) in [6.07, 6.45) is 6.21.